The molecule has 152 valence electrons. The lowest BCUT2D eigenvalue weighted by Crippen LogP contribution is -2.30. The molecule has 0 atom stereocenters. The number of ether oxygens (including phenoxy) is 2. The van der Waals surface area contributed by atoms with Crippen LogP contribution in [0.25, 0.3) is 11.5 Å². The summed E-state index contributed by atoms with van der Waals surface area (Å²) in [6.07, 6.45) is 2.02. The molecule has 2 amide bonds. The predicted molar refractivity (Wildman–Crippen MR) is 102 cm³/mol. The zero-order chi connectivity index (χ0) is 20.6. The maximum Gasteiger partial charge on any atom is 0.387 e. The summed E-state index contributed by atoms with van der Waals surface area (Å²) in [6.45, 7) is -2.55. The Morgan fingerprint density at radius 1 is 1.10 bits per heavy atom. The molecule has 0 bridgehead atoms. The van der Waals surface area contributed by atoms with E-state index in [0.29, 0.717) is 30.2 Å². The summed E-state index contributed by atoms with van der Waals surface area (Å²) < 4.78 is 39.1. The van der Waals surface area contributed by atoms with E-state index in [-0.39, 0.29) is 5.75 Å². The van der Waals surface area contributed by atoms with Crippen molar-refractivity contribution in [1.82, 2.24) is 10.3 Å². The molecule has 3 aromatic rings. The van der Waals surface area contributed by atoms with Crippen LogP contribution < -0.4 is 20.1 Å². The molecule has 1 heterocycles. The summed E-state index contributed by atoms with van der Waals surface area (Å²) in [5.74, 6) is 1.25. The van der Waals surface area contributed by atoms with Gasteiger partial charge in [-0.15, -0.1) is 0 Å². The van der Waals surface area contributed by atoms with Gasteiger partial charge in [-0.2, -0.15) is 8.78 Å². The van der Waals surface area contributed by atoms with Gasteiger partial charge in [-0.05, 0) is 48.5 Å². The molecule has 0 unspecified atom stereocenters. The second-order valence-electron chi connectivity index (χ2n) is 5.91. The largest absolute Gasteiger partial charge is 0.497 e. The van der Waals surface area contributed by atoms with Crippen LogP contribution in [0.15, 0.2) is 59.2 Å². The number of carbonyl (C=O) groups excluding carboxylic acids is 1. The van der Waals surface area contributed by atoms with Crippen LogP contribution >= 0.6 is 0 Å². The number of aromatic nitrogens is 1. The number of carbonyl (C=O) groups is 1. The van der Waals surface area contributed by atoms with Gasteiger partial charge in [0.2, 0.25) is 5.89 Å². The van der Waals surface area contributed by atoms with E-state index in [1.807, 2.05) is 24.3 Å². The zero-order valence-electron chi connectivity index (χ0n) is 15.5. The number of alkyl halides is 2. The summed E-state index contributed by atoms with van der Waals surface area (Å²) in [4.78, 5) is 16.3. The first kappa shape index (κ1) is 20.1. The van der Waals surface area contributed by atoms with E-state index in [2.05, 4.69) is 20.4 Å². The van der Waals surface area contributed by atoms with Gasteiger partial charge in [0.05, 0.1) is 12.8 Å². The number of urea groups is 1. The molecule has 7 nitrogen and oxygen atoms in total. The summed E-state index contributed by atoms with van der Waals surface area (Å²) in [7, 11) is 1.60. The van der Waals surface area contributed by atoms with Gasteiger partial charge >= 0.3 is 12.6 Å². The number of hydrogen-bond donors (Lipinski definition) is 2. The lowest BCUT2D eigenvalue weighted by Gasteiger charge is -2.08. The number of methoxy groups -OCH3 is 1. The number of nitrogens with one attached hydrogen (secondary N) is 2. The Balaban J connectivity index is 1.45. The first-order valence-electron chi connectivity index (χ1n) is 8.72. The second-order valence-corrected chi connectivity index (χ2v) is 5.91. The highest BCUT2D eigenvalue weighted by molar-refractivity contribution is 5.89. The van der Waals surface area contributed by atoms with Crippen LogP contribution in [0.2, 0.25) is 0 Å². The Hall–Kier alpha value is -3.62. The van der Waals surface area contributed by atoms with Gasteiger partial charge < -0.3 is 24.5 Å². The lowest BCUT2D eigenvalue weighted by molar-refractivity contribution is -0.0498. The van der Waals surface area contributed by atoms with Crippen molar-refractivity contribution in [3.63, 3.8) is 0 Å². The Bertz CT molecular complexity index is 928. The zero-order valence-corrected chi connectivity index (χ0v) is 15.5. The fourth-order valence-corrected chi connectivity index (χ4v) is 2.49. The molecule has 0 fully saturated rings. The minimum atomic E-state index is -2.89. The van der Waals surface area contributed by atoms with Crippen LogP contribution in [0.1, 0.15) is 5.69 Å². The molecular weight excluding hydrogens is 384 g/mol. The third-order valence-electron chi connectivity index (χ3n) is 3.89. The summed E-state index contributed by atoms with van der Waals surface area (Å²) in [5.41, 5.74) is 1.97. The van der Waals surface area contributed by atoms with Crippen molar-refractivity contribution in [1.29, 1.82) is 0 Å². The highest BCUT2D eigenvalue weighted by atomic mass is 19.3. The van der Waals surface area contributed by atoms with E-state index in [1.54, 1.807) is 13.4 Å². The quantitative estimate of drug-likeness (QED) is 0.585. The van der Waals surface area contributed by atoms with Crippen molar-refractivity contribution in [2.75, 3.05) is 19.0 Å². The van der Waals surface area contributed by atoms with Crippen molar-refractivity contribution in [3.8, 4) is 23.0 Å². The van der Waals surface area contributed by atoms with Crippen LogP contribution in [-0.2, 0) is 6.42 Å². The number of benzene rings is 2. The minimum Gasteiger partial charge on any atom is -0.497 e. The maximum absolute atomic E-state index is 12.1. The maximum atomic E-state index is 12.1. The topological polar surface area (TPSA) is 85.6 Å². The normalized spacial score (nSPS) is 10.6. The number of halogens is 2. The molecule has 0 aliphatic carbocycles. The van der Waals surface area contributed by atoms with Crippen LogP contribution in [0.3, 0.4) is 0 Å². The van der Waals surface area contributed by atoms with Crippen molar-refractivity contribution in [2.24, 2.45) is 0 Å². The number of anilines is 1. The average Bonchev–Trinajstić information content (AvgIpc) is 3.18. The molecule has 29 heavy (non-hydrogen) atoms. The van der Waals surface area contributed by atoms with Gasteiger partial charge in [-0.3, -0.25) is 0 Å². The smallest absolute Gasteiger partial charge is 0.387 e. The SMILES string of the molecule is COc1ccc(-c2nc(CCNC(=O)Nc3ccc(OC(F)F)cc3)co2)cc1. The molecule has 0 saturated carbocycles. The number of oxazole rings is 1. The van der Waals surface area contributed by atoms with E-state index < -0.39 is 12.6 Å². The van der Waals surface area contributed by atoms with Gasteiger partial charge in [-0.25, -0.2) is 9.78 Å². The fraction of sp³-hybridized carbons (Fsp3) is 0.200. The van der Waals surface area contributed by atoms with E-state index in [0.717, 1.165) is 11.3 Å². The first-order chi connectivity index (χ1) is 14.0. The summed E-state index contributed by atoms with van der Waals surface area (Å²) in [6, 6.07) is 12.5. The van der Waals surface area contributed by atoms with Crippen LogP contribution in [0, 0.1) is 0 Å². The van der Waals surface area contributed by atoms with Crippen LogP contribution in [0.4, 0.5) is 19.3 Å². The molecule has 0 saturated heterocycles. The van der Waals surface area contributed by atoms with E-state index >= 15 is 0 Å². The Labute approximate surface area is 165 Å². The Morgan fingerprint density at radius 3 is 2.45 bits per heavy atom. The molecule has 1 aromatic heterocycles. The highest BCUT2D eigenvalue weighted by Crippen LogP contribution is 2.22. The molecule has 9 heteroatoms. The van der Waals surface area contributed by atoms with Crippen molar-refractivity contribution in [3.05, 3.63) is 60.5 Å². The third kappa shape index (κ3) is 5.93. The molecule has 2 aromatic carbocycles. The standard InChI is InChI=1S/C20H19F2N3O4/c1-27-16-6-2-13(3-7-16)18-24-15(12-28-18)10-11-23-20(26)25-14-4-8-17(9-5-14)29-19(21)22/h2-9,12,19H,10-11H2,1H3,(H2,23,25,26). The predicted octanol–water partition coefficient (Wildman–Crippen LogP) is 4.32. The molecule has 0 spiro atoms. The summed E-state index contributed by atoms with van der Waals surface area (Å²) >= 11 is 0. The van der Waals surface area contributed by atoms with E-state index in [1.165, 1.54) is 24.3 Å². The third-order valence-corrected chi connectivity index (χ3v) is 3.89. The monoisotopic (exact) mass is 403 g/mol. The van der Waals surface area contributed by atoms with Crippen LogP contribution in [0.5, 0.6) is 11.5 Å². The molecule has 3 rings (SSSR count). The van der Waals surface area contributed by atoms with E-state index in [9.17, 15) is 13.6 Å². The second kappa shape index (κ2) is 9.54. The number of hydrogen-bond acceptors (Lipinski definition) is 5. The van der Waals surface area contributed by atoms with E-state index in [4.69, 9.17) is 9.15 Å². The minimum absolute atomic E-state index is 0.0182. The van der Waals surface area contributed by atoms with Gasteiger partial charge in [-0.1, -0.05) is 0 Å². The first-order valence-corrected chi connectivity index (χ1v) is 8.72. The fourth-order valence-electron chi connectivity index (χ4n) is 2.49. The molecule has 2 N–H and O–H groups in total. The van der Waals surface area contributed by atoms with Gasteiger partial charge in [0.1, 0.15) is 17.8 Å². The number of rotatable bonds is 8. The van der Waals surface area contributed by atoms with Crippen LogP contribution in [-0.4, -0.2) is 31.3 Å². The molecule has 0 radical (unpaired) electrons. The lowest BCUT2D eigenvalue weighted by atomic mass is 10.2. The Morgan fingerprint density at radius 2 is 1.79 bits per heavy atom. The highest BCUT2D eigenvalue weighted by Gasteiger charge is 2.08. The van der Waals surface area contributed by atoms with Gasteiger partial charge in [0.25, 0.3) is 0 Å². The molecule has 0 aliphatic rings. The summed E-state index contributed by atoms with van der Waals surface area (Å²) in [5, 5.41) is 5.29. The number of nitrogens with zero attached hydrogens (tertiary/aromatic N) is 1. The Kier molecular flexibility index (Phi) is 6.62. The van der Waals surface area contributed by atoms with Crippen molar-refractivity contribution >= 4 is 11.7 Å². The van der Waals surface area contributed by atoms with Crippen molar-refractivity contribution < 1.29 is 27.5 Å². The van der Waals surface area contributed by atoms with Gasteiger partial charge in [0.15, 0.2) is 0 Å². The van der Waals surface area contributed by atoms with Crippen molar-refractivity contribution in [2.45, 2.75) is 13.0 Å². The molecule has 0 aliphatic heterocycles. The average molecular weight is 403 g/mol. The van der Waals surface area contributed by atoms with Gasteiger partial charge in [0, 0.05) is 24.2 Å². The molecular formula is C20H19F2N3O4. The number of amides is 2.